The molecule has 1 saturated carbocycles. The number of hydrogen-bond acceptors (Lipinski definition) is 4. The van der Waals surface area contributed by atoms with Crippen molar-refractivity contribution in [2.24, 2.45) is 11.7 Å². The Kier molecular flexibility index (Phi) is 6.93. The molecule has 0 aromatic rings. The molecule has 0 heterocycles. The van der Waals surface area contributed by atoms with Gasteiger partial charge in [0.05, 0.1) is 6.61 Å². The number of carbonyl (C=O) groups excluding carboxylic acids is 1. The third-order valence-electron chi connectivity index (χ3n) is 3.38. The largest absolute Gasteiger partial charge is 0.382 e. The summed E-state index contributed by atoms with van der Waals surface area (Å²) in [5.41, 5.74) is 8.03. The first-order chi connectivity index (χ1) is 8.65. The Hall–Kier alpha value is -0.910. The fourth-order valence-electron chi connectivity index (χ4n) is 2.36. The molecule has 2 atom stereocenters. The molecule has 1 amide bonds. The minimum Gasteiger partial charge on any atom is -0.382 e. The van der Waals surface area contributed by atoms with E-state index in [9.17, 15) is 9.90 Å². The summed E-state index contributed by atoms with van der Waals surface area (Å²) in [4.78, 5) is 16.3. The van der Waals surface area contributed by atoms with Crippen LogP contribution >= 0.6 is 0 Å². The molecule has 0 saturated heterocycles. The molecule has 4 N–H and O–H groups in total. The van der Waals surface area contributed by atoms with Crippen molar-refractivity contribution in [2.45, 2.75) is 50.7 Å². The minimum atomic E-state index is -1.21. The molecule has 0 aromatic heterocycles. The third kappa shape index (κ3) is 5.16. The minimum absolute atomic E-state index is 0.205. The first-order valence-electron chi connectivity index (χ1n) is 6.61. The van der Waals surface area contributed by atoms with E-state index < -0.39 is 18.1 Å². The molecule has 0 bridgehead atoms. The molecule has 0 aliphatic heterocycles. The van der Waals surface area contributed by atoms with Crippen LogP contribution in [0.1, 0.15) is 38.5 Å². The van der Waals surface area contributed by atoms with Gasteiger partial charge in [0.1, 0.15) is 6.10 Å². The molecule has 1 rings (SSSR count). The molecule has 18 heavy (non-hydrogen) atoms. The highest BCUT2D eigenvalue weighted by Crippen LogP contribution is 2.27. The van der Waals surface area contributed by atoms with Crippen LogP contribution in [0.15, 0.2) is 12.7 Å². The Morgan fingerprint density at radius 2 is 2.17 bits per heavy atom. The van der Waals surface area contributed by atoms with Crippen LogP contribution < -0.4 is 11.2 Å². The van der Waals surface area contributed by atoms with Crippen molar-refractivity contribution in [3.8, 4) is 0 Å². The number of carbonyl (C=O) groups is 1. The molecule has 5 nitrogen and oxygen atoms in total. The van der Waals surface area contributed by atoms with Gasteiger partial charge in [-0.15, -0.1) is 6.58 Å². The van der Waals surface area contributed by atoms with Crippen molar-refractivity contribution >= 4 is 5.91 Å². The zero-order chi connectivity index (χ0) is 13.4. The fraction of sp³-hybridized carbons (Fsp3) is 0.769. The second-order valence-electron chi connectivity index (χ2n) is 4.91. The quantitative estimate of drug-likeness (QED) is 0.358. The first-order valence-corrected chi connectivity index (χ1v) is 6.61. The number of nitrogens with two attached hydrogens (primary N) is 1. The predicted molar refractivity (Wildman–Crippen MR) is 69.5 cm³/mol. The van der Waals surface area contributed by atoms with Gasteiger partial charge in [-0.2, -0.15) is 0 Å². The lowest BCUT2D eigenvalue weighted by Crippen LogP contribution is -2.47. The van der Waals surface area contributed by atoms with E-state index in [0.717, 1.165) is 12.8 Å². The maximum atomic E-state index is 11.5. The highest BCUT2D eigenvalue weighted by molar-refractivity contribution is 5.80. The maximum absolute atomic E-state index is 11.5. The maximum Gasteiger partial charge on any atom is 0.273 e. The zero-order valence-corrected chi connectivity index (χ0v) is 10.8. The van der Waals surface area contributed by atoms with E-state index in [1.165, 1.54) is 25.3 Å². The van der Waals surface area contributed by atoms with E-state index in [0.29, 0.717) is 12.3 Å². The van der Waals surface area contributed by atoms with Crippen LogP contribution in [-0.4, -0.2) is 29.8 Å². The normalized spacial score (nSPS) is 20.1. The molecule has 1 fully saturated rings. The average Bonchev–Trinajstić information content (AvgIpc) is 2.39. The van der Waals surface area contributed by atoms with Crippen LogP contribution in [-0.2, 0) is 9.63 Å². The highest BCUT2D eigenvalue weighted by Gasteiger charge is 2.26. The van der Waals surface area contributed by atoms with Gasteiger partial charge in [-0.05, 0) is 12.3 Å². The Labute approximate surface area is 108 Å². The van der Waals surface area contributed by atoms with Crippen molar-refractivity contribution in [1.82, 2.24) is 5.48 Å². The second kappa shape index (κ2) is 8.24. The lowest BCUT2D eigenvalue weighted by atomic mass is 9.84. The molecule has 2 unspecified atom stereocenters. The van der Waals surface area contributed by atoms with Crippen LogP contribution in [0.5, 0.6) is 0 Å². The van der Waals surface area contributed by atoms with Gasteiger partial charge in [-0.3, -0.25) is 9.63 Å². The SMILES string of the molecule is C=CCONC(=O)C(O)C(N)CC1CCCCC1. The second-order valence-corrected chi connectivity index (χ2v) is 4.91. The molecule has 1 aliphatic rings. The molecular formula is C13H24N2O3. The van der Waals surface area contributed by atoms with Gasteiger partial charge in [0.25, 0.3) is 5.91 Å². The number of aliphatic hydroxyl groups excluding tert-OH is 1. The van der Waals surface area contributed by atoms with Crippen molar-refractivity contribution in [1.29, 1.82) is 0 Å². The topological polar surface area (TPSA) is 84.6 Å². The van der Waals surface area contributed by atoms with Gasteiger partial charge in [0.2, 0.25) is 0 Å². The molecule has 0 aromatic carbocycles. The van der Waals surface area contributed by atoms with Crippen molar-refractivity contribution in [3.05, 3.63) is 12.7 Å². The van der Waals surface area contributed by atoms with Crippen LogP contribution in [0.4, 0.5) is 0 Å². The number of hydroxylamine groups is 1. The smallest absolute Gasteiger partial charge is 0.273 e. The van der Waals surface area contributed by atoms with Crippen molar-refractivity contribution in [2.75, 3.05) is 6.61 Å². The number of rotatable bonds is 7. The Balaban J connectivity index is 2.27. The van der Waals surface area contributed by atoms with Gasteiger partial charge in [0.15, 0.2) is 0 Å². The van der Waals surface area contributed by atoms with E-state index in [4.69, 9.17) is 10.6 Å². The van der Waals surface area contributed by atoms with E-state index in [2.05, 4.69) is 12.1 Å². The van der Waals surface area contributed by atoms with Gasteiger partial charge >= 0.3 is 0 Å². The highest BCUT2D eigenvalue weighted by atomic mass is 16.7. The Bertz CT molecular complexity index is 265. The molecule has 0 radical (unpaired) electrons. The van der Waals surface area contributed by atoms with Crippen molar-refractivity contribution < 1.29 is 14.7 Å². The molecular weight excluding hydrogens is 232 g/mol. The summed E-state index contributed by atoms with van der Waals surface area (Å²) in [5.74, 6) is -0.0505. The van der Waals surface area contributed by atoms with Gasteiger partial charge < -0.3 is 10.8 Å². The zero-order valence-electron chi connectivity index (χ0n) is 10.8. The first kappa shape index (κ1) is 15.1. The number of amides is 1. The average molecular weight is 256 g/mol. The monoisotopic (exact) mass is 256 g/mol. The number of aliphatic hydroxyl groups is 1. The van der Waals surface area contributed by atoms with E-state index in [-0.39, 0.29) is 6.61 Å². The van der Waals surface area contributed by atoms with Crippen LogP contribution in [0.25, 0.3) is 0 Å². The van der Waals surface area contributed by atoms with Crippen molar-refractivity contribution in [3.63, 3.8) is 0 Å². The number of hydrogen-bond donors (Lipinski definition) is 3. The third-order valence-corrected chi connectivity index (χ3v) is 3.38. The van der Waals surface area contributed by atoms with Crippen LogP contribution in [0.3, 0.4) is 0 Å². The van der Waals surface area contributed by atoms with E-state index in [1.54, 1.807) is 0 Å². The summed E-state index contributed by atoms with van der Waals surface area (Å²) in [6.45, 7) is 3.66. The lowest BCUT2D eigenvalue weighted by molar-refractivity contribution is -0.142. The lowest BCUT2D eigenvalue weighted by Gasteiger charge is -2.26. The summed E-state index contributed by atoms with van der Waals surface area (Å²) in [5, 5.41) is 9.77. The summed E-state index contributed by atoms with van der Waals surface area (Å²) < 4.78 is 0. The summed E-state index contributed by atoms with van der Waals surface area (Å²) in [7, 11) is 0. The number of nitrogens with one attached hydrogen (secondary N) is 1. The summed E-state index contributed by atoms with van der Waals surface area (Å²) in [6.07, 6.45) is 7.01. The van der Waals surface area contributed by atoms with Crippen LogP contribution in [0.2, 0.25) is 0 Å². The summed E-state index contributed by atoms with van der Waals surface area (Å²) in [6, 6.07) is -0.527. The Morgan fingerprint density at radius 3 is 2.78 bits per heavy atom. The molecule has 1 aliphatic carbocycles. The summed E-state index contributed by atoms with van der Waals surface area (Å²) >= 11 is 0. The van der Waals surface area contributed by atoms with E-state index in [1.807, 2.05) is 0 Å². The van der Waals surface area contributed by atoms with E-state index >= 15 is 0 Å². The predicted octanol–water partition coefficient (Wildman–Crippen LogP) is 0.879. The van der Waals surface area contributed by atoms with Gasteiger partial charge in [-0.25, -0.2) is 5.48 Å². The van der Waals surface area contributed by atoms with Gasteiger partial charge in [-0.1, -0.05) is 38.2 Å². The van der Waals surface area contributed by atoms with Crippen LogP contribution in [0, 0.1) is 5.92 Å². The standard InChI is InChI=1S/C13H24N2O3/c1-2-8-18-15-13(17)12(16)11(14)9-10-6-4-3-5-7-10/h2,10-12,16H,1,3-9,14H2,(H,15,17). The molecule has 5 heteroatoms. The molecule has 0 spiro atoms. The fourth-order valence-corrected chi connectivity index (χ4v) is 2.36. The van der Waals surface area contributed by atoms with Gasteiger partial charge in [0, 0.05) is 6.04 Å². The molecule has 104 valence electrons. The Morgan fingerprint density at radius 1 is 1.50 bits per heavy atom.